The number of amides is 1. The van der Waals surface area contributed by atoms with Crippen LogP contribution in [-0.4, -0.2) is 10.5 Å². The van der Waals surface area contributed by atoms with E-state index in [9.17, 15) is 10.1 Å². The quantitative estimate of drug-likeness (QED) is 0.422. The molecule has 1 amide bonds. The SMILES string of the molecule is Cc1ccc(NC(=O)C(C#N)=Cc2cc(C)n(-c3ccc(Br)cc3)c2C)cc1. The fourth-order valence-corrected chi connectivity index (χ4v) is 3.32. The van der Waals surface area contributed by atoms with Gasteiger partial charge in [-0.05, 0) is 74.9 Å². The number of anilines is 1. The van der Waals surface area contributed by atoms with Crippen molar-refractivity contribution in [2.45, 2.75) is 20.8 Å². The van der Waals surface area contributed by atoms with E-state index in [-0.39, 0.29) is 5.57 Å². The number of aromatic nitrogens is 1. The summed E-state index contributed by atoms with van der Waals surface area (Å²) in [5.41, 5.74) is 5.71. The van der Waals surface area contributed by atoms with Gasteiger partial charge in [-0.25, -0.2) is 0 Å². The highest BCUT2D eigenvalue weighted by atomic mass is 79.9. The van der Waals surface area contributed by atoms with Crippen LogP contribution in [0, 0.1) is 32.1 Å². The Kier molecular flexibility index (Phi) is 5.81. The average molecular weight is 434 g/mol. The van der Waals surface area contributed by atoms with Crippen molar-refractivity contribution in [1.29, 1.82) is 5.26 Å². The number of hydrogen-bond donors (Lipinski definition) is 1. The minimum atomic E-state index is -0.417. The molecule has 0 unspecified atom stereocenters. The minimum Gasteiger partial charge on any atom is -0.321 e. The third-order valence-corrected chi connectivity index (χ3v) is 5.06. The maximum Gasteiger partial charge on any atom is 0.266 e. The molecule has 1 N–H and O–H groups in total. The van der Waals surface area contributed by atoms with Gasteiger partial charge in [-0.15, -0.1) is 0 Å². The molecule has 0 aliphatic rings. The highest BCUT2D eigenvalue weighted by Crippen LogP contribution is 2.24. The molecule has 0 fully saturated rings. The summed E-state index contributed by atoms with van der Waals surface area (Å²) in [5.74, 6) is -0.417. The van der Waals surface area contributed by atoms with Gasteiger partial charge in [0.1, 0.15) is 11.6 Å². The Bertz CT molecular complexity index is 1080. The molecule has 1 aromatic heterocycles. The number of nitrogens with one attached hydrogen (secondary N) is 1. The smallest absolute Gasteiger partial charge is 0.266 e. The lowest BCUT2D eigenvalue weighted by atomic mass is 10.1. The van der Waals surface area contributed by atoms with Gasteiger partial charge in [0, 0.05) is 27.2 Å². The summed E-state index contributed by atoms with van der Waals surface area (Å²) in [7, 11) is 0. The van der Waals surface area contributed by atoms with Crippen LogP contribution < -0.4 is 5.32 Å². The van der Waals surface area contributed by atoms with Crippen LogP contribution in [0.25, 0.3) is 11.8 Å². The van der Waals surface area contributed by atoms with Gasteiger partial charge in [0.05, 0.1) is 0 Å². The average Bonchev–Trinajstić information content (AvgIpc) is 2.95. The van der Waals surface area contributed by atoms with E-state index < -0.39 is 5.91 Å². The van der Waals surface area contributed by atoms with Gasteiger partial charge >= 0.3 is 0 Å². The molecule has 0 bridgehead atoms. The predicted octanol–water partition coefficient (Wildman–Crippen LogP) is 5.71. The standard InChI is InChI=1S/C23H20BrN3O/c1-15-4-8-21(9-5-15)26-23(28)19(14-25)13-18-12-16(2)27(17(18)3)22-10-6-20(24)7-11-22/h4-13H,1-3H3,(H,26,28). The van der Waals surface area contributed by atoms with Gasteiger partial charge in [0.25, 0.3) is 5.91 Å². The maximum absolute atomic E-state index is 12.5. The van der Waals surface area contributed by atoms with Crippen molar-refractivity contribution in [3.05, 3.63) is 87.2 Å². The lowest BCUT2D eigenvalue weighted by Crippen LogP contribution is -2.13. The summed E-state index contributed by atoms with van der Waals surface area (Å²) >= 11 is 3.45. The molecule has 5 heteroatoms. The molecular weight excluding hydrogens is 414 g/mol. The molecule has 0 atom stereocenters. The van der Waals surface area contributed by atoms with Crippen LogP contribution in [0.2, 0.25) is 0 Å². The van der Waals surface area contributed by atoms with Crippen LogP contribution in [-0.2, 0) is 4.79 Å². The lowest BCUT2D eigenvalue weighted by molar-refractivity contribution is -0.112. The molecule has 3 rings (SSSR count). The van der Waals surface area contributed by atoms with Crippen molar-refractivity contribution < 1.29 is 4.79 Å². The van der Waals surface area contributed by atoms with Gasteiger partial charge in [-0.2, -0.15) is 5.26 Å². The number of carbonyl (C=O) groups excluding carboxylic acids is 1. The molecule has 0 saturated carbocycles. The van der Waals surface area contributed by atoms with Crippen LogP contribution in [0.4, 0.5) is 5.69 Å². The van der Waals surface area contributed by atoms with Crippen molar-refractivity contribution in [2.24, 2.45) is 0 Å². The van der Waals surface area contributed by atoms with E-state index in [1.807, 2.05) is 81.4 Å². The predicted molar refractivity (Wildman–Crippen MR) is 116 cm³/mol. The van der Waals surface area contributed by atoms with Crippen LogP contribution in [0.3, 0.4) is 0 Å². The van der Waals surface area contributed by atoms with Crippen LogP contribution in [0.15, 0.2) is 64.6 Å². The van der Waals surface area contributed by atoms with E-state index in [0.29, 0.717) is 5.69 Å². The first kappa shape index (κ1) is 19.7. The van der Waals surface area contributed by atoms with Gasteiger partial charge in [-0.3, -0.25) is 4.79 Å². The summed E-state index contributed by atoms with van der Waals surface area (Å²) < 4.78 is 3.11. The van der Waals surface area contributed by atoms with Crippen molar-refractivity contribution in [3.63, 3.8) is 0 Å². The second-order valence-corrected chi connectivity index (χ2v) is 7.54. The summed E-state index contributed by atoms with van der Waals surface area (Å²) in [6.45, 7) is 5.96. The Morgan fingerprint density at radius 2 is 1.71 bits per heavy atom. The molecule has 1 heterocycles. The van der Waals surface area contributed by atoms with Crippen molar-refractivity contribution >= 4 is 33.6 Å². The second kappa shape index (κ2) is 8.28. The molecule has 28 heavy (non-hydrogen) atoms. The number of hydrogen-bond acceptors (Lipinski definition) is 2. The van der Waals surface area contributed by atoms with Crippen molar-refractivity contribution in [1.82, 2.24) is 4.57 Å². The molecule has 140 valence electrons. The number of halogens is 1. The van der Waals surface area contributed by atoms with Crippen molar-refractivity contribution in [3.8, 4) is 11.8 Å². The van der Waals surface area contributed by atoms with Crippen LogP contribution in [0.1, 0.15) is 22.5 Å². The first-order valence-electron chi connectivity index (χ1n) is 8.83. The zero-order valence-corrected chi connectivity index (χ0v) is 17.5. The Hall–Kier alpha value is -3.10. The largest absolute Gasteiger partial charge is 0.321 e. The number of carbonyl (C=O) groups is 1. The van der Waals surface area contributed by atoms with Gasteiger partial charge in [0.15, 0.2) is 0 Å². The maximum atomic E-state index is 12.5. The fraction of sp³-hybridized carbons (Fsp3) is 0.130. The van der Waals surface area contributed by atoms with E-state index in [1.165, 1.54) is 0 Å². The fourth-order valence-electron chi connectivity index (χ4n) is 3.06. The number of benzene rings is 2. The monoisotopic (exact) mass is 433 g/mol. The Labute approximate surface area is 173 Å². The minimum absolute atomic E-state index is 0.0663. The van der Waals surface area contributed by atoms with Gasteiger partial charge < -0.3 is 9.88 Å². The highest BCUT2D eigenvalue weighted by Gasteiger charge is 2.14. The van der Waals surface area contributed by atoms with Crippen LogP contribution >= 0.6 is 15.9 Å². The molecular formula is C23H20BrN3O. The first-order chi connectivity index (χ1) is 13.4. The molecule has 0 radical (unpaired) electrons. The molecule has 0 spiro atoms. The Balaban J connectivity index is 1.91. The number of aryl methyl sites for hydroxylation is 2. The van der Waals surface area contributed by atoms with Crippen LogP contribution in [0.5, 0.6) is 0 Å². The van der Waals surface area contributed by atoms with E-state index in [1.54, 1.807) is 6.08 Å². The first-order valence-corrected chi connectivity index (χ1v) is 9.63. The van der Waals surface area contributed by atoms with E-state index >= 15 is 0 Å². The molecule has 0 aliphatic carbocycles. The molecule has 3 aromatic rings. The molecule has 4 nitrogen and oxygen atoms in total. The molecule has 0 aliphatic heterocycles. The third-order valence-electron chi connectivity index (χ3n) is 4.53. The zero-order chi connectivity index (χ0) is 20.3. The summed E-state index contributed by atoms with van der Waals surface area (Å²) in [6.07, 6.45) is 1.64. The van der Waals surface area contributed by atoms with Crippen molar-refractivity contribution in [2.75, 3.05) is 5.32 Å². The Morgan fingerprint density at radius 3 is 2.32 bits per heavy atom. The van der Waals surface area contributed by atoms with Gasteiger partial charge in [-0.1, -0.05) is 33.6 Å². The second-order valence-electron chi connectivity index (χ2n) is 6.63. The number of nitrogens with zero attached hydrogens (tertiary/aromatic N) is 2. The molecule has 2 aromatic carbocycles. The summed E-state index contributed by atoms with van der Waals surface area (Å²) in [6, 6.07) is 19.5. The summed E-state index contributed by atoms with van der Waals surface area (Å²) in [5, 5.41) is 12.3. The summed E-state index contributed by atoms with van der Waals surface area (Å²) in [4.78, 5) is 12.5. The lowest BCUT2D eigenvalue weighted by Gasteiger charge is -2.10. The Morgan fingerprint density at radius 1 is 1.07 bits per heavy atom. The van der Waals surface area contributed by atoms with E-state index in [0.717, 1.165) is 32.7 Å². The van der Waals surface area contributed by atoms with Gasteiger partial charge in [0.2, 0.25) is 0 Å². The highest BCUT2D eigenvalue weighted by molar-refractivity contribution is 9.10. The topological polar surface area (TPSA) is 57.8 Å². The van der Waals surface area contributed by atoms with E-state index in [4.69, 9.17) is 0 Å². The molecule has 0 saturated heterocycles. The zero-order valence-electron chi connectivity index (χ0n) is 16.0. The normalized spacial score (nSPS) is 11.2. The number of rotatable bonds is 4. The number of nitriles is 1. The van der Waals surface area contributed by atoms with E-state index in [2.05, 4.69) is 25.8 Å². The third kappa shape index (κ3) is 4.24.